The molecule has 1 nitrogen and oxygen atoms in total. The standard InChI is InChI=1S/C13H12BrClOS/c1-8-11(14)7-13(17-8)12(16)6-9-2-4-10(15)5-3-9/h2-5,7,12,16H,6H2,1H3. The van der Waals surface area contributed by atoms with Crippen LogP contribution in [0.25, 0.3) is 0 Å². The first kappa shape index (κ1) is 13.1. The molecular weight excluding hydrogens is 320 g/mol. The number of aliphatic hydroxyl groups is 1. The number of hydrogen-bond donors (Lipinski definition) is 1. The molecule has 0 aliphatic rings. The fraction of sp³-hybridized carbons (Fsp3) is 0.231. The molecule has 2 aromatic rings. The molecule has 0 fully saturated rings. The summed E-state index contributed by atoms with van der Waals surface area (Å²) in [6.45, 7) is 2.03. The van der Waals surface area contributed by atoms with Gasteiger partial charge in [-0.25, -0.2) is 0 Å². The van der Waals surface area contributed by atoms with Gasteiger partial charge in [0.25, 0.3) is 0 Å². The maximum absolute atomic E-state index is 10.1. The van der Waals surface area contributed by atoms with Gasteiger partial charge in [-0.05, 0) is 46.6 Å². The molecule has 0 saturated heterocycles. The molecule has 0 saturated carbocycles. The summed E-state index contributed by atoms with van der Waals surface area (Å²) in [6.07, 6.45) is 0.162. The van der Waals surface area contributed by atoms with Gasteiger partial charge in [-0.3, -0.25) is 0 Å². The highest BCUT2D eigenvalue weighted by Crippen LogP contribution is 2.32. The predicted molar refractivity (Wildman–Crippen MR) is 76.9 cm³/mol. The van der Waals surface area contributed by atoms with E-state index in [1.54, 1.807) is 11.3 Å². The van der Waals surface area contributed by atoms with Gasteiger partial charge < -0.3 is 5.11 Å². The van der Waals surface area contributed by atoms with Gasteiger partial charge in [0.15, 0.2) is 0 Å². The van der Waals surface area contributed by atoms with Crippen molar-refractivity contribution in [2.75, 3.05) is 0 Å². The average Bonchev–Trinajstić information content (AvgIpc) is 2.63. The zero-order valence-corrected chi connectivity index (χ0v) is 12.4. The normalized spacial score (nSPS) is 12.7. The van der Waals surface area contributed by atoms with Crippen molar-refractivity contribution in [1.82, 2.24) is 0 Å². The molecule has 1 heterocycles. The lowest BCUT2D eigenvalue weighted by Crippen LogP contribution is -1.99. The fourth-order valence-electron chi connectivity index (χ4n) is 1.59. The van der Waals surface area contributed by atoms with Crippen LogP contribution in [0.3, 0.4) is 0 Å². The van der Waals surface area contributed by atoms with Crippen LogP contribution in [0, 0.1) is 6.92 Å². The van der Waals surface area contributed by atoms with Crippen molar-refractivity contribution >= 4 is 38.9 Å². The van der Waals surface area contributed by atoms with Crippen molar-refractivity contribution in [3.8, 4) is 0 Å². The summed E-state index contributed by atoms with van der Waals surface area (Å²) in [4.78, 5) is 2.18. The van der Waals surface area contributed by atoms with Crippen molar-refractivity contribution in [1.29, 1.82) is 0 Å². The minimum Gasteiger partial charge on any atom is -0.387 e. The van der Waals surface area contributed by atoms with Gasteiger partial charge in [0, 0.05) is 25.7 Å². The molecule has 0 aliphatic carbocycles. The van der Waals surface area contributed by atoms with E-state index < -0.39 is 6.10 Å². The first-order valence-electron chi connectivity index (χ1n) is 5.24. The highest BCUT2D eigenvalue weighted by Gasteiger charge is 2.12. The van der Waals surface area contributed by atoms with Crippen molar-refractivity contribution in [2.24, 2.45) is 0 Å². The van der Waals surface area contributed by atoms with E-state index in [-0.39, 0.29) is 0 Å². The lowest BCUT2D eigenvalue weighted by atomic mass is 10.1. The van der Waals surface area contributed by atoms with E-state index >= 15 is 0 Å². The maximum Gasteiger partial charge on any atom is 0.0922 e. The van der Waals surface area contributed by atoms with Gasteiger partial charge in [-0.1, -0.05) is 23.7 Å². The first-order chi connectivity index (χ1) is 8.06. The molecule has 1 atom stereocenters. The molecule has 4 heteroatoms. The molecule has 0 amide bonds. The Kier molecular flexibility index (Phi) is 4.26. The first-order valence-corrected chi connectivity index (χ1v) is 7.23. The van der Waals surface area contributed by atoms with E-state index in [4.69, 9.17) is 11.6 Å². The quantitative estimate of drug-likeness (QED) is 0.860. The van der Waals surface area contributed by atoms with Crippen LogP contribution in [-0.2, 0) is 6.42 Å². The van der Waals surface area contributed by atoms with E-state index in [2.05, 4.69) is 15.9 Å². The third-order valence-electron chi connectivity index (χ3n) is 2.55. The Bertz CT molecular complexity index is 487. The monoisotopic (exact) mass is 330 g/mol. The Balaban J connectivity index is 2.11. The van der Waals surface area contributed by atoms with Crippen LogP contribution in [0.4, 0.5) is 0 Å². The third-order valence-corrected chi connectivity index (χ3v) is 5.04. The van der Waals surface area contributed by atoms with Crippen LogP contribution in [0.5, 0.6) is 0 Å². The molecule has 90 valence electrons. The second-order valence-electron chi connectivity index (χ2n) is 3.90. The smallest absolute Gasteiger partial charge is 0.0922 e. The molecule has 0 aliphatic heterocycles. The summed E-state index contributed by atoms with van der Waals surface area (Å²) >= 11 is 10.9. The number of hydrogen-bond acceptors (Lipinski definition) is 2. The highest BCUT2D eigenvalue weighted by atomic mass is 79.9. The summed E-state index contributed by atoms with van der Waals surface area (Å²) in [7, 11) is 0. The molecule has 17 heavy (non-hydrogen) atoms. The minimum absolute atomic E-state index is 0.453. The van der Waals surface area contributed by atoms with Crippen LogP contribution in [0.15, 0.2) is 34.8 Å². The number of halogens is 2. The third kappa shape index (κ3) is 3.32. The Morgan fingerprint density at radius 1 is 1.35 bits per heavy atom. The van der Waals surface area contributed by atoms with Crippen molar-refractivity contribution in [3.05, 3.63) is 55.1 Å². The van der Waals surface area contributed by atoms with Gasteiger partial charge in [-0.2, -0.15) is 0 Å². The molecule has 2 rings (SSSR count). The molecule has 1 aromatic carbocycles. The van der Waals surface area contributed by atoms with Crippen LogP contribution in [0.1, 0.15) is 21.4 Å². The van der Waals surface area contributed by atoms with Gasteiger partial charge in [-0.15, -0.1) is 11.3 Å². The molecule has 1 unspecified atom stereocenters. The number of rotatable bonds is 3. The number of aliphatic hydroxyl groups excluding tert-OH is 1. The SMILES string of the molecule is Cc1sc(C(O)Cc2ccc(Cl)cc2)cc1Br. The molecule has 1 aromatic heterocycles. The van der Waals surface area contributed by atoms with Crippen molar-refractivity contribution in [3.63, 3.8) is 0 Å². The Morgan fingerprint density at radius 3 is 2.53 bits per heavy atom. The zero-order chi connectivity index (χ0) is 12.4. The summed E-state index contributed by atoms with van der Waals surface area (Å²) in [5.74, 6) is 0. The van der Waals surface area contributed by atoms with Crippen molar-refractivity contribution < 1.29 is 5.11 Å². The lowest BCUT2D eigenvalue weighted by Gasteiger charge is -2.08. The minimum atomic E-state index is -0.453. The van der Waals surface area contributed by atoms with Crippen LogP contribution >= 0.6 is 38.9 Å². The van der Waals surface area contributed by atoms with Crippen LogP contribution in [-0.4, -0.2) is 5.11 Å². The summed E-state index contributed by atoms with van der Waals surface area (Å²) in [5.41, 5.74) is 1.09. The number of aryl methyl sites for hydroxylation is 1. The van der Waals surface area contributed by atoms with Crippen LogP contribution < -0.4 is 0 Å². The van der Waals surface area contributed by atoms with E-state index in [1.807, 2.05) is 37.3 Å². The summed E-state index contributed by atoms with van der Waals surface area (Å²) < 4.78 is 1.06. The molecule has 1 N–H and O–H groups in total. The van der Waals surface area contributed by atoms with Crippen molar-refractivity contribution in [2.45, 2.75) is 19.4 Å². The van der Waals surface area contributed by atoms with E-state index in [9.17, 15) is 5.11 Å². The average molecular weight is 332 g/mol. The lowest BCUT2D eigenvalue weighted by molar-refractivity contribution is 0.182. The summed E-state index contributed by atoms with van der Waals surface area (Å²) in [6, 6.07) is 9.57. The second kappa shape index (κ2) is 5.53. The molecule has 0 radical (unpaired) electrons. The van der Waals surface area contributed by atoms with E-state index in [0.717, 1.165) is 19.9 Å². The van der Waals surface area contributed by atoms with E-state index in [0.29, 0.717) is 6.42 Å². The zero-order valence-electron chi connectivity index (χ0n) is 9.28. The molecule has 0 spiro atoms. The number of benzene rings is 1. The largest absolute Gasteiger partial charge is 0.387 e. The molecule has 0 bridgehead atoms. The van der Waals surface area contributed by atoms with E-state index in [1.165, 1.54) is 4.88 Å². The topological polar surface area (TPSA) is 20.2 Å². The highest BCUT2D eigenvalue weighted by molar-refractivity contribution is 9.10. The van der Waals surface area contributed by atoms with Gasteiger partial charge in [0.2, 0.25) is 0 Å². The van der Waals surface area contributed by atoms with Crippen LogP contribution in [0.2, 0.25) is 5.02 Å². The van der Waals surface area contributed by atoms with Gasteiger partial charge in [0.1, 0.15) is 0 Å². The Morgan fingerprint density at radius 2 is 2.00 bits per heavy atom. The predicted octanol–water partition coefficient (Wildman–Crippen LogP) is 4.75. The molecular formula is C13H12BrClOS. The second-order valence-corrected chi connectivity index (χ2v) is 6.48. The summed E-state index contributed by atoms with van der Waals surface area (Å²) in [5, 5.41) is 10.9. The van der Waals surface area contributed by atoms with Gasteiger partial charge >= 0.3 is 0 Å². The number of thiophene rings is 1. The Labute approximate surface area is 118 Å². The fourth-order valence-corrected chi connectivity index (χ4v) is 3.26. The van der Waals surface area contributed by atoms with Gasteiger partial charge in [0.05, 0.1) is 6.10 Å². The maximum atomic E-state index is 10.1. The Hall–Kier alpha value is -0.350.